The van der Waals surface area contributed by atoms with Crippen molar-refractivity contribution in [2.45, 2.75) is 38.1 Å². The highest BCUT2D eigenvalue weighted by Crippen LogP contribution is 2.34. The number of carboxylic acid groups (broad SMARTS) is 1. The Morgan fingerprint density at radius 2 is 2.29 bits per heavy atom. The predicted molar refractivity (Wildman–Crippen MR) is 74.2 cm³/mol. The van der Waals surface area contributed by atoms with E-state index < -0.39 is 24.0 Å². The number of methoxy groups -OCH3 is 1. The zero-order valence-corrected chi connectivity index (χ0v) is 12.3. The summed E-state index contributed by atoms with van der Waals surface area (Å²) >= 11 is 0. The van der Waals surface area contributed by atoms with Crippen LogP contribution in [-0.2, 0) is 11.2 Å². The van der Waals surface area contributed by atoms with E-state index in [1.807, 2.05) is 0 Å². The molecule has 0 saturated carbocycles. The van der Waals surface area contributed by atoms with E-state index in [0.29, 0.717) is 12.3 Å². The van der Waals surface area contributed by atoms with Crippen molar-refractivity contribution in [2.75, 3.05) is 13.7 Å². The van der Waals surface area contributed by atoms with Crippen LogP contribution in [0.4, 0.5) is 4.79 Å². The molecular weight excluding hydrogens is 276 g/mol. The molecule has 1 saturated heterocycles. The van der Waals surface area contributed by atoms with Crippen LogP contribution in [0, 0.1) is 0 Å². The van der Waals surface area contributed by atoms with Gasteiger partial charge in [-0.3, -0.25) is 4.90 Å². The van der Waals surface area contributed by atoms with Crippen LogP contribution in [0.3, 0.4) is 0 Å². The van der Waals surface area contributed by atoms with Crippen LogP contribution in [0.1, 0.15) is 19.4 Å². The second kappa shape index (κ2) is 5.87. The maximum atomic E-state index is 11.5. The molecule has 1 fully saturated rings. The Labute approximate surface area is 123 Å². The van der Waals surface area contributed by atoms with Crippen LogP contribution in [0.2, 0.25) is 0 Å². The number of aliphatic hydroxyl groups excluding tert-OH is 1. The molecule has 0 aliphatic carbocycles. The van der Waals surface area contributed by atoms with Crippen LogP contribution in [0.25, 0.3) is 0 Å². The summed E-state index contributed by atoms with van der Waals surface area (Å²) in [6, 6.07) is 3.08. The van der Waals surface area contributed by atoms with E-state index in [0.717, 1.165) is 5.56 Å². The van der Waals surface area contributed by atoms with Gasteiger partial charge in [-0.25, -0.2) is 9.78 Å². The molecule has 21 heavy (non-hydrogen) atoms. The molecule has 1 aliphatic heterocycles. The fourth-order valence-electron chi connectivity index (χ4n) is 2.76. The van der Waals surface area contributed by atoms with Crippen molar-refractivity contribution in [3.63, 3.8) is 0 Å². The Morgan fingerprint density at radius 1 is 1.57 bits per heavy atom. The number of rotatable bonds is 4. The van der Waals surface area contributed by atoms with Crippen molar-refractivity contribution in [2.24, 2.45) is 0 Å². The first-order valence-electron chi connectivity index (χ1n) is 6.69. The highest BCUT2D eigenvalue weighted by atomic mass is 16.6. The standard InChI is InChI=1S/C14H20N2O5/c1-14(2)16(13(18)19)10(11(8-17)21-14)6-9-4-5-15-12(7-9)20-3/h4-5,7,10-11,17H,6,8H2,1-3H3,(H,18,19). The molecule has 1 aromatic rings. The fourth-order valence-corrected chi connectivity index (χ4v) is 2.76. The largest absolute Gasteiger partial charge is 0.481 e. The van der Waals surface area contributed by atoms with Crippen molar-refractivity contribution >= 4 is 6.09 Å². The van der Waals surface area contributed by atoms with Gasteiger partial charge in [0.2, 0.25) is 5.88 Å². The summed E-state index contributed by atoms with van der Waals surface area (Å²) in [6.07, 6.45) is 0.394. The zero-order valence-electron chi connectivity index (χ0n) is 12.3. The number of aromatic nitrogens is 1. The van der Waals surface area contributed by atoms with E-state index in [-0.39, 0.29) is 6.61 Å². The minimum atomic E-state index is -1.07. The topological polar surface area (TPSA) is 92.1 Å². The first-order valence-corrected chi connectivity index (χ1v) is 6.69. The van der Waals surface area contributed by atoms with Gasteiger partial charge < -0.3 is 19.7 Å². The van der Waals surface area contributed by atoms with Gasteiger partial charge in [-0.1, -0.05) is 0 Å². The summed E-state index contributed by atoms with van der Waals surface area (Å²) in [5, 5.41) is 18.9. The highest BCUT2D eigenvalue weighted by molar-refractivity contribution is 5.67. The van der Waals surface area contributed by atoms with E-state index >= 15 is 0 Å². The molecule has 116 valence electrons. The summed E-state index contributed by atoms with van der Waals surface area (Å²) in [4.78, 5) is 16.8. The normalized spacial score (nSPS) is 24.1. The number of nitrogens with zero attached hydrogens (tertiary/aromatic N) is 2. The summed E-state index contributed by atoms with van der Waals surface area (Å²) in [7, 11) is 1.52. The number of aliphatic hydroxyl groups is 1. The maximum absolute atomic E-state index is 11.5. The van der Waals surface area contributed by atoms with E-state index in [9.17, 15) is 15.0 Å². The molecule has 0 spiro atoms. The lowest BCUT2D eigenvalue weighted by Crippen LogP contribution is -2.48. The number of pyridine rings is 1. The summed E-state index contributed by atoms with van der Waals surface area (Å²) in [5.74, 6) is 0.466. The van der Waals surface area contributed by atoms with Crippen molar-refractivity contribution in [1.82, 2.24) is 9.88 Å². The van der Waals surface area contributed by atoms with Gasteiger partial charge >= 0.3 is 6.09 Å². The molecule has 7 nitrogen and oxygen atoms in total. The lowest BCUT2D eigenvalue weighted by molar-refractivity contribution is -0.0770. The summed E-state index contributed by atoms with van der Waals surface area (Å²) < 4.78 is 10.7. The molecular formula is C14H20N2O5. The molecule has 2 heterocycles. The maximum Gasteiger partial charge on any atom is 0.409 e. The lowest BCUT2D eigenvalue weighted by atomic mass is 10.0. The summed E-state index contributed by atoms with van der Waals surface area (Å²) in [6.45, 7) is 3.12. The molecule has 2 rings (SSSR count). The lowest BCUT2D eigenvalue weighted by Gasteiger charge is -2.31. The van der Waals surface area contributed by atoms with Crippen molar-refractivity contribution in [1.29, 1.82) is 0 Å². The van der Waals surface area contributed by atoms with E-state index in [1.165, 1.54) is 12.0 Å². The first kappa shape index (κ1) is 15.5. The molecule has 1 aromatic heterocycles. The Hall–Kier alpha value is -1.86. The third-order valence-electron chi connectivity index (χ3n) is 3.62. The Morgan fingerprint density at radius 3 is 2.86 bits per heavy atom. The van der Waals surface area contributed by atoms with Crippen molar-refractivity contribution in [3.8, 4) is 5.88 Å². The third kappa shape index (κ3) is 3.08. The number of hydrogen-bond donors (Lipinski definition) is 2. The van der Waals surface area contributed by atoms with Crippen molar-refractivity contribution in [3.05, 3.63) is 23.9 Å². The van der Waals surface area contributed by atoms with Crippen LogP contribution in [0.15, 0.2) is 18.3 Å². The molecule has 1 amide bonds. The quantitative estimate of drug-likeness (QED) is 0.864. The molecule has 0 bridgehead atoms. The minimum Gasteiger partial charge on any atom is -0.481 e. The van der Waals surface area contributed by atoms with E-state index in [1.54, 1.807) is 32.2 Å². The number of ether oxygens (including phenoxy) is 2. The molecule has 1 aliphatic rings. The number of amides is 1. The van der Waals surface area contributed by atoms with Gasteiger partial charge in [0.15, 0.2) is 0 Å². The SMILES string of the molecule is COc1cc(CC2C(CO)OC(C)(C)N2C(=O)O)ccn1. The van der Waals surface area contributed by atoms with Crippen LogP contribution < -0.4 is 4.74 Å². The number of carbonyl (C=O) groups is 1. The average molecular weight is 296 g/mol. The molecule has 0 aromatic carbocycles. The van der Waals surface area contributed by atoms with Gasteiger partial charge in [-0.15, -0.1) is 0 Å². The Bertz CT molecular complexity index is 520. The molecule has 2 N–H and O–H groups in total. The van der Waals surface area contributed by atoms with Gasteiger partial charge in [0.1, 0.15) is 11.8 Å². The molecule has 2 atom stereocenters. The second-order valence-corrected chi connectivity index (χ2v) is 5.42. The second-order valence-electron chi connectivity index (χ2n) is 5.42. The van der Waals surface area contributed by atoms with Gasteiger partial charge in [-0.05, 0) is 31.9 Å². The first-order chi connectivity index (χ1) is 9.89. The summed E-state index contributed by atoms with van der Waals surface area (Å²) in [5.41, 5.74) is -0.0982. The average Bonchev–Trinajstić information content (AvgIpc) is 2.69. The molecule has 2 unspecified atom stereocenters. The molecule has 0 radical (unpaired) electrons. The zero-order chi connectivity index (χ0) is 15.6. The molecule has 7 heteroatoms. The Balaban J connectivity index is 2.27. The van der Waals surface area contributed by atoms with Crippen LogP contribution in [-0.4, -0.2) is 57.8 Å². The van der Waals surface area contributed by atoms with Gasteiger partial charge in [0.05, 0.1) is 19.8 Å². The highest BCUT2D eigenvalue weighted by Gasteiger charge is 2.49. The third-order valence-corrected chi connectivity index (χ3v) is 3.62. The van der Waals surface area contributed by atoms with Crippen LogP contribution in [0.5, 0.6) is 5.88 Å². The monoisotopic (exact) mass is 296 g/mol. The van der Waals surface area contributed by atoms with Gasteiger partial charge in [0, 0.05) is 12.3 Å². The smallest absolute Gasteiger partial charge is 0.409 e. The number of hydrogen-bond acceptors (Lipinski definition) is 5. The van der Waals surface area contributed by atoms with Gasteiger partial charge in [0.25, 0.3) is 0 Å². The van der Waals surface area contributed by atoms with Gasteiger partial charge in [-0.2, -0.15) is 0 Å². The minimum absolute atomic E-state index is 0.236. The van der Waals surface area contributed by atoms with Crippen LogP contribution >= 0.6 is 0 Å². The predicted octanol–water partition coefficient (Wildman–Crippen LogP) is 1.11. The van der Waals surface area contributed by atoms with Crippen molar-refractivity contribution < 1.29 is 24.5 Å². The van der Waals surface area contributed by atoms with E-state index in [2.05, 4.69) is 4.98 Å². The van der Waals surface area contributed by atoms with E-state index in [4.69, 9.17) is 9.47 Å². The Kier molecular flexibility index (Phi) is 4.34. The fraction of sp³-hybridized carbons (Fsp3) is 0.571.